The molecule has 2 nitrogen and oxygen atoms in total. The molecular formula is C11H25NOS. The Balaban J connectivity index is 3.52. The molecule has 0 aliphatic heterocycles. The van der Waals surface area contributed by atoms with Crippen LogP contribution in [0.15, 0.2) is 0 Å². The summed E-state index contributed by atoms with van der Waals surface area (Å²) in [7, 11) is 1.76. The Bertz CT molecular complexity index is 120. The Hall–Kier alpha value is 0.270. The van der Waals surface area contributed by atoms with Gasteiger partial charge in [0.1, 0.15) is 0 Å². The van der Waals surface area contributed by atoms with Crippen molar-refractivity contribution in [1.29, 1.82) is 0 Å². The SMILES string of the molecule is COCCN(CCCCCS)C(C)C. The van der Waals surface area contributed by atoms with Gasteiger partial charge >= 0.3 is 0 Å². The third kappa shape index (κ3) is 7.65. The first-order valence-electron chi connectivity index (χ1n) is 5.56. The maximum absolute atomic E-state index is 5.10. The van der Waals surface area contributed by atoms with E-state index in [9.17, 15) is 0 Å². The maximum atomic E-state index is 5.10. The fourth-order valence-corrected chi connectivity index (χ4v) is 1.66. The number of hydrogen-bond donors (Lipinski definition) is 1. The highest BCUT2D eigenvalue weighted by atomic mass is 32.1. The van der Waals surface area contributed by atoms with Crippen molar-refractivity contribution < 1.29 is 4.74 Å². The van der Waals surface area contributed by atoms with E-state index in [1.807, 2.05) is 0 Å². The second-order valence-electron chi connectivity index (χ2n) is 3.91. The fraction of sp³-hybridized carbons (Fsp3) is 1.00. The van der Waals surface area contributed by atoms with Gasteiger partial charge in [-0.2, -0.15) is 12.6 Å². The lowest BCUT2D eigenvalue weighted by molar-refractivity contribution is 0.128. The van der Waals surface area contributed by atoms with Crippen LogP contribution < -0.4 is 0 Å². The summed E-state index contributed by atoms with van der Waals surface area (Å²) in [6.45, 7) is 7.57. The third-order valence-corrected chi connectivity index (χ3v) is 2.73. The minimum absolute atomic E-state index is 0.626. The zero-order valence-electron chi connectivity index (χ0n) is 9.83. The van der Waals surface area contributed by atoms with Gasteiger partial charge in [-0.15, -0.1) is 0 Å². The summed E-state index contributed by atoms with van der Waals surface area (Å²) >= 11 is 4.21. The standard InChI is InChI=1S/C11H25NOS/c1-11(2)12(8-9-13-3)7-5-4-6-10-14/h11,14H,4-10H2,1-3H3. The highest BCUT2D eigenvalue weighted by Gasteiger charge is 2.07. The molecule has 0 fully saturated rings. The van der Waals surface area contributed by atoms with Crippen molar-refractivity contribution in [3.05, 3.63) is 0 Å². The molecule has 0 bridgehead atoms. The molecule has 0 amide bonds. The van der Waals surface area contributed by atoms with Crippen molar-refractivity contribution in [3.8, 4) is 0 Å². The van der Waals surface area contributed by atoms with Gasteiger partial charge in [-0.25, -0.2) is 0 Å². The van der Waals surface area contributed by atoms with E-state index >= 15 is 0 Å². The van der Waals surface area contributed by atoms with Crippen LogP contribution in [-0.4, -0.2) is 43.5 Å². The van der Waals surface area contributed by atoms with Crippen LogP contribution in [0.5, 0.6) is 0 Å². The van der Waals surface area contributed by atoms with Crippen molar-refractivity contribution >= 4 is 12.6 Å². The lowest BCUT2D eigenvalue weighted by Gasteiger charge is -2.25. The van der Waals surface area contributed by atoms with E-state index in [2.05, 4.69) is 31.4 Å². The average molecular weight is 219 g/mol. The maximum Gasteiger partial charge on any atom is 0.0589 e. The van der Waals surface area contributed by atoms with Crippen LogP contribution in [0.1, 0.15) is 33.1 Å². The van der Waals surface area contributed by atoms with Gasteiger partial charge in [-0.3, -0.25) is 4.90 Å². The Morgan fingerprint density at radius 2 is 1.86 bits per heavy atom. The highest BCUT2D eigenvalue weighted by molar-refractivity contribution is 7.80. The molecular weight excluding hydrogens is 194 g/mol. The number of rotatable bonds is 9. The van der Waals surface area contributed by atoms with E-state index < -0.39 is 0 Å². The first-order chi connectivity index (χ1) is 6.72. The molecule has 0 aromatic carbocycles. The quantitative estimate of drug-likeness (QED) is 0.472. The first kappa shape index (κ1) is 14.3. The Kier molecular flexibility index (Phi) is 10.0. The van der Waals surface area contributed by atoms with Crippen LogP contribution in [0.4, 0.5) is 0 Å². The average Bonchev–Trinajstić information content (AvgIpc) is 2.16. The molecule has 0 saturated heterocycles. The zero-order chi connectivity index (χ0) is 10.8. The van der Waals surface area contributed by atoms with Gasteiger partial charge in [0.25, 0.3) is 0 Å². The molecule has 0 rings (SSSR count). The number of ether oxygens (including phenoxy) is 1. The first-order valence-corrected chi connectivity index (χ1v) is 6.19. The molecule has 14 heavy (non-hydrogen) atoms. The largest absolute Gasteiger partial charge is 0.383 e. The van der Waals surface area contributed by atoms with Crippen LogP contribution in [0.2, 0.25) is 0 Å². The minimum Gasteiger partial charge on any atom is -0.383 e. The van der Waals surface area contributed by atoms with E-state index in [0.717, 1.165) is 18.9 Å². The van der Waals surface area contributed by atoms with E-state index in [-0.39, 0.29) is 0 Å². The second-order valence-corrected chi connectivity index (χ2v) is 4.35. The van der Waals surface area contributed by atoms with Crippen molar-refractivity contribution in [2.24, 2.45) is 0 Å². The molecule has 3 heteroatoms. The smallest absolute Gasteiger partial charge is 0.0589 e. The molecule has 0 aromatic heterocycles. The zero-order valence-corrected chi connectivity index (χ0v) is 10.7. The molecule has 0 spiro atoms. The summed E-state index contributed by atoms with van der Waals surface area (Å²) in [6, 6.07) is 0.626. The molecule has 0 aliphatic rings. The summed E-state index contributed by atoms with van der Waals surface area (Å²) in [4.78, 5) is 2.47. The normalized spacial score (nSPS) is 11.6. The van der Waals surface area contributed by atoms with E-state index in [4.69, 9.17) is 4.74 Å². The van der Waals surface area contributed by atoms with Gasteiger partial charge in [0, 0.05) is 19.7 Å². The van der Waals surface area contributed by atoms with Gasteiger partial charge in [0.05, 0.1) is 6.61 Å². The van der Waals surface area contributed by atoms with Gasteiger partial charge < -0.3 is 4.74 Å². The van der Waals surface area contributed by atoms with Gasteiger partial charge in [0.2, 0.25) is 0 Å². The molecule has 0 aromatic rings. The van der Waals surface area contributed by atoms with E-state index in [1.165, 1.54) is 25.8 Å². The lowest BCUT2D eigenvalue weighted by Crippen LogP contribution is -2.34. The lowest BCUT2D eigenvalue weighted by atomic mass is 10.2. The van der Waals surface area contributed by atoms with Crippen LogP contribution in [0.3, 0.4) is 0 Å². The predicted octanol–water partition coefficient (Wildman–Crippen LogP) is 2.44. The summed E-state index contributed by atoms with van der Waals surface area (Å²) < 4.78 is 5.10. The molecule has 0 atom stereocenters. The van der Waals surface area contributed by atoms with Crippen LogP contribution in [0.25, 0.3) is 0 Å². The predicted molar refractivity (Wildman–Crippen MR) is 66.3 cm³/mol. The molecule has 0 radical (unpaired) electrons. The fourth-order valence-electron chi connectivity index (χ4n) is 1.44. The molecule has 0 unspecified atom stereocenters. The number of thiol groups is 1. The van der Waals surface area contributed by atoms with Crippen molar-refractivity contribution in [3.63, 3.8) is 0 Å². The topological polar surface area (TPSA) is 12.5 Å². The number of nitrogens with zero attached hydrogens (tertiary/aromatic N) is 1. The van der Waals surface area contributed by atoms with E-state index in [1.54, 1.807) is 7.11 Å². The van der Waals surface area contributed by atoms with Crippen LogP contribution in [0, 0.1) is 0 Å². The molecule has 0 aliphatic carbocycles. The summed E-state index contributed by atoms with van der Waals surface area (Å²) in [6.07, 6.45) is 3.81. The molecule has 0 heterocycles. The van der Waals surface area contributed by atoms with Crippen LogP contribution >= 0.6 is 12.6 Å². The van der Waals surface area contributed by atoms with Gasteiger partial charge in [-0.1, -0.05) is 6.42 Å². The molecule has 86 valence electrons. The Morgan fingerprint density at radius 1 is 1.14 bits per heavy atom. The number of methoxy groups -OCH3 is 1. The van der Waals surface area contributed by atoms with Gasteiger partial charge in [0.15, 0.2) is 0 Å². The summed E-state index contributed by atoms with van der Waals surface area (Å²) in [5.74, 6) is 1.01. The minimum atomic E-state index is 0.626. The summed E-state index contributed by atoms with van der Waals surface area (Å²) in [5, 5.41) is 0. The molecule has 0 N–H and O–H groups in total. The van der Waals surface area contributed by atoms with Crippen LogP contribution in [-0.2, 0) is 4.74 Å². The third-order valence-electron chi connectivity index (χ3n) is 2.42. The number of unbranched alkanes of at least 4 members (excludes halogenated alkanes) is 2. The van der Waals surface area contributed by atoms with Crippen molar-refractivity contribution in [2.75, 3.05) is 32.6 Å². The Morgan fingerprint density at radius 3 is 2.36 bits per heavy atom. The molecule has 0 saturated carbocycles. The Labute approximate surface area is 94.4 Å². The van der Waals surface area contributed by atoms with Crippen molar-refractivity contribution in [1.82, 2.24) is 4.90 Å². The number of hydrogen-bond acceptors (Lipinski definition) is 3. The summed E-state index contributed by atoms with van der Waals surface area (Å²) in [5.41, 5.74) is 0. The highest BCUT2D eigenvalue weighted by Crippen LogP contribution is 2.03. The van der Waals surface area contributed by atoms with E-state index in [0.29, 0.717) is 6.04 Å². The second kappa shape index (κ2) is 9.81. The van der Waals surface area contributed by atoms with Crippen molar-refractivity contribution in [2.45, 2.75) is 39.2 Å². The monoisotopic (exact) mass is 219 g/mol. The van der Waals surface area contributed by atoms with Gasteiger partial charge in [-0.05, 0) is 39.0 Å².